The molecule has 228 valence electrons. The number of hydrogen-bond acceptors (Lipinski definition) is 8. The van der Waals surface area contributed by atoms with Gasteiger partial charge in [-0.3, -0.25) is 9.52 Å². The van der Waals surface area contributed by atoms with Crippen LogP contribution < -0.4 is 20.7 Å². The topological polar surface area (TPSA) is 104 Å². The van der Waals surface area contributed by atoms with Crippen LogP contribution in [0.25, 0.3) is 21.0 Å². The molecule has 0 atom stereocenters. The van der Waals surface area contributed by atoms with Crippen LogP contribution in [-0.4, -0.2) is 36.2 Å². The number of thiazole rings is 1. The van der Waals surface area contributed by atoms with Crippen molar-refractivity contribution in [2.45, 2.75) is 64.6 Å². The predicted molar refractivity (Wildman–Crippen MR) is 181 cm³/mol. The number of ether oxygens (including phenoxy) is 1. The Morgan fingerprint density at radius 2 is 1.72 bits per heavy atom. The lowest BCUT2D eigenvalue weighted by atomic mass is 10.1. The number of amides is 2. The monoisotopic (exact) mass is 619 g/mol. The molecule has 4 aromatic rings. The highest BCUT2D eigenvalue weighted by Gasteiger charge is 2.16. The number of nitrogens with one attached hydrogen (secondary N) is 4. The van der Waals surface area contributed by atoms with Gasteiger partial charge >= 0.3 is 6.03 Å². The zero-order chi connectivity index (χ0) is 31.4. The summed E-state index contributed by atoms with van der Waals surface area (Å²) in [7, 11) is 1.92. The average Bonchev–Trinajstić information content (AvgIpc) is 3.45. The van der Waals surface area contributed by atoms with Crippen LogP contribution in [0.5, 0.6) is 0 Å². The average molecular weight is 620 g/mol. The number of benzene rings is 3. The Hall–Kier alpha value is -3.86. The molecule has 1 heterocycles. The second kappa shape index (κ2) is 16.1. The fourth-order valence-electron chi connectivity index (χ4n) is 3.74. The van der Waals surface area contributed by atoms with Gasteiger partial charge in [-0.2, -0.15) is 0 Å². The molecule has 43 heavy (non-hydrogen) atoms. The maximum Gasteiger partial charge on any atom is 0.319 e. The van der Waals surface area contributed by atoms with Gasteiger partial charge in [0.2, 0.25) is 0 Å². The highest BCUT2D eigenvalue weighted by atomic mass is 32.2. The van der Waals surface area contributed by atoms with Gasteiger partial charge < -0.3 is 20.7 Å². The van der Waals surface area contributed by atoms with E-state index < -0.39 is 0 Å². The fraction of sp³-hybridized carbons (Fsp3) is 0.303. The minimum absolute atomic E-state index is 0.0301. The van der Waals surface area contributed by atoms with E-state index in [0.717, 1.165) is 42.8 Å². The molecule has 0 saturated carbocycles. The first-order chi connectivity index (χ1) is 20.5. The summed E-state index contributed by atoms with van der Waals surface area (Å²) in [6, 6.07) is 21.9. The van der Waals surface area contributed by atoms with Gasteiger partial charge in [-0.25, -0.2) is 9.78 Å². The van der Waals surface area contributed by atoms with Crippen molar-refractivity contribution in [3.8, 4) is 21.0 Å². The molecule has 0 unspecified atom stereocenters. The van der Waals surface area contributed by atoms with Gasteiger partial charge in [0.15, 0.2) is 0 Å². The number of carbonyl (C=O) groups excluding carboxylic acids is 2. The molecule has 2 amide bonds. The predicted octanol–water partition coefficient (Wildman–Crippen LogP) is 8.11. The van der Waals surface area contributed by atoms with E-state index >= 15 is 0 Å². The van der Waals surface area contributed by atoms with E-state index in [4.69, 9.17) is 4.98 Å². The third-order valence-electron chi connectivity index (χ3n) is 5.85. The zero-order valence-electron chi connectivity index (χ0n) is 25.8. The third kappa shape index (κ3) is 11.1. The van der Waals surface area contributed by atoms with Gasteiger partial charge in [0, 0.05) is 52.7 Å². The molecule has 0 fully saturated rings. The van der Waals surface area contributed by atoms with Crippen molar-refractivity contribution in [1.29, 1.82) is 0 Å². The number of nitrogens with zero attached hydrogens (tertiary/aromatic N) is 1. The molecule has 0 aliphatic heterocycles. The first kappa shape index (κ1) is 33.6. The van der Waals surface area contributed by atoms with Crippen molar-refractivity contribution in [3.63, 3.8) is 0 Å². The standard InChI is InChI=1S/C29H33N5OS2.C4H8O2/c1-19-15-21(30-5)11-13-23(19)27-31-18-26(36-27)24-14-12-22(16-25(24)37-34-29(2,3)4)33-28(35)32-17-20-9-7-6-8-10-20;1-4(2)6-3-5/h6-16,18,30,34H,17H2,1-5H3,(H2,32,33,35);3-4H,1-2H3. The summed E-state index contributed by atoms with van der Waals surface area (Å²) in [4.78, 5) is 28.8. The maximum atomic E-state index is 12.5. The molecule has 0 radical (unpaired) electrons. The normalized spacial score (nSPS) is 10.9. The quantitative estimate of drug-likeness (QED) is 0.105. The maximum absolute atomic E-state index is 12.5. The summed E-state index contributed by atoms with van der Waals surface area (Å²) in [5.74, 6) is 0. The molecular formula is C33H41N5O3S2. The lowest BCUT2D eigenvalue weighted by Gasteiger charge is -2.21. The summed E-state index contributed by atoms with van der Waals surface area (Å²) < 4.78 is 7.86. The van der Waals surface area contributed by atoms with Crippen LogP contribution in [0.3, 0.4) is 0 Å². The number of hydrogen-bond donors (Lipinski definition) is 4. The number of anilines is 2. The molecule has 0 aliphatic rings. The van der Waals surface area contributed by atoms with Crippen molar-refractivity contribution < 1.29 is 14.3 Å². The Balaban J connectivity index is 0.000000765. The van der Waals surface area contributed by atoms with Crippen LogP contribution in [0.4, 0.5) is 16.2 Å². The Labute approximate surface area is 263 Å². The molecule has 0 bridgehead atoms. The van der Waals surface area contributed by atoms with Crippen molar-refractivity contribution in [2.75, 3.05) is 17.7 Å². The van der Waals surface area contributed by atoms with Gasteiger partial charge in [-0.15, -0.1) is 11.3 Å². The molecule has 0 spiro atoms. The summed E-state index contributed by atoms with van der Waals surface area (Å²) >= 11 is 3.23. The Kier molecular flexibility index (Phi) is 12.6. The van der Waals surface area contributed by atoms with Crippen LogP contribution in [0, 0.1) is 6.92 Å². The second-order valence-corrected chi connectivity index (χ2v) is 12.9. The Bertz CT molecular complexity index is 1480. The molecule has 4 rings (SSSR count). The third-order valence-corrected chi connectivity index (χ3v) is 8.18. The second-order valence-electron chi connectivity index (χ2n) is 11.0. The van der Waals surface area contributed by atoms with Crippen LogP contribution in [-0.2, 0) is 16.1 Å². The van der Waals surface area contributed by atoms with Gasteiger partial charge in [0.25, 0.3) is 6.47 Å². The lowest BCUT2D eigenvalue weighted by Crippen LogP contribution is -2.30. The fourth-order valence-corrected chi connectivity index (χ4v) is 5.74. The Morgan fingerprint density at radius 3 is 2.33 bits per heavy atom. The highest BCUT2D eigenvalue weighted by Crippen LogP contribution is 2.39. The largest absolute Gasteiger partial charge is 0.465 e. The molecule has 0 saturated heterocycles. The molecular weight excluding hydrogens is 579 g/mol. The van der Waals surface area contributed by atoms with Crippen molar-refractivity contribution >= 4 is 47.2 Å². The first-order valence-electron chi connectivity index (χ1n) is 14.0. The number of aryl methyl sites for hydroxylation is 1. The van der Waals surface area contributed by atoms with Gasteiger partial charge in [0.1, 0.15) is 5.01 Å². The van der Waals surface area contributed by atoms with Crippen LogP contribution in [0.15, 0.2) is 77.8 Å². The van der Waals surface area contributed by atoms with E-state index in [-0.39, 0.29) is 17.7 Å². The molecule has 1 aromatic heterocycles. The molecule has 10 heteroatoms. The van der Waals surface area contributed by atoms with E-state index in [2.05, 4.69) is 71.3 Å². The van der Waals surface area contributed by atoms with Gasteiger partial charge in [0.05, 0.1) is 11.0 Å². The van der Waals surface area contributed by atoms with E-state index in [0.29, 0.717) is 13.0 Å². The van der Waals surface area contributed by atoms with Crippen molar-refractivity contribution in [2.24, 2.45) is 0 Å². The van der Waals surface area contributed by atoms with Crippen LogP contribution in [0.2, 0.25) is 0 Å². The molecule has 8 nitrogen and oxygen atoms in total. The van der Waals surface area contributed by atoms with E-state index in [1.807, 2.05) is 61.8 Å². The molecule has 3 aromatic carbocycles. The lowest BCUT2D eigenvalue weighted by molar-refractivity contribution is -0.131. The summed E-state index contributed by atoms with van der Waals surface area (Å²) in [6.07, 6.45) is 1.96. The molecule has 4 N–H and O–H groups in total. The minimum atomic E-state index is -0.239. The van der Waals surface area contributed by atoms with E-state index in [1.165, 1.54) is 5.56 Å². The number of rotatable bonds is 10. The summed E-state index contributed by atoms with van der Waals surface area (Å²) in [5, 5.41) is 10.1. The SMILES string of the molecule is CC(C)OC=O.CNc1ccc(-c2ncc(-c3ccc(NC(=O)NCc4ccccc4)cc3SNC(C)(C)C)s2)c(C)c1. The Morgan fingerprint density at radius 1 is 1.02 bits per heavy atom. The number of urea groups is 1. The highest BCUT2D eigenvalue weighted by molar-refractivity contribution is 7.97. The van der Waals surface area contributed by atoms with Crippen LogP contribution in [0.1, 0.15) is 45.7 Å². The van der Waals surface area contributed by atoms with E-state index in [1.54, 1.807) is 37.1 Å². The minimum Gasteiger partial charge on any atom is -0.465 e. The van der Waals surface area contributed by atoms with Crippen LogP contribution >= 0.6 is 23.3 Å². The van der Waals surface area contributed by atoms with E-state index in [9.17, 15) is 9.59 Å². The summed E-state index contributed by atoms with van der Waals surface area (Å²) in [6.45, 7) is 13.0. The van der Waals surface area contributed by atoms with Gasteiger partial charge in [-0.05, 0) is 94.9 Å². The summed E-state index contributed by atoms with van der Waals surface area (Å²) in [5.41, 5.74) is 6.17. The first-order valence-corrected chi connectivity index (χ1v) is 15.6. The smallest absolute Gasteiger partial charge is 0.319 e. The zero-order valence-corrected chi connectivity index (χ0v) is 27.4. The van der Waals surface area contributed by atoms with Crippen molar-refractivity contribution in [3.05, 3.63) is 84.1 Å². The number of aromatic nitrogens is 1. The van der Waals surface area contributed by atoms with Crippen molar-refractivity contribution in [1.82, 2.24) is 15.0 Å². The number of carbonyl (C=O) groups is 2. The molecule has 0 aliphatic carbocycles. The van der Waals surface area contributed by atoms with Gasteiger partial charge in [-0.1, -0.05) is 36.4 Å².